The van der Waals surface area contributed by atoms with Gasteiger partial charge in [-0.25, -0.2) is 23.7 Å². The van der Waals surface area contributed by atoms with Gasteiger partial charge in [0.1, 0.15) is 22.0 Å². The van der Waals surface area contributed by atoms with E-state index in [1.807, 2.05) is 0 Å². The highest BCUT2D eigenvalue weighted by molar-refractivity contribution is 6.36. The Bertz CT molecular complexity index is 2560. The lowest BCUT2D eigenvalue weighted by atomic mass is 9.78. The van der Waals surface area contributed by atoms with Crippen LogP contribution in [0.15, 0.2) is 97.2 Å². The summed E-state index contributed by atoms with van der Waals surface area (Å²) >= 11 is 18.2. The van der Waals surface area contributed by atoms with Crippen molar-refractivity contribution in [2.75, 3.05) is 10.6 Å². The first-order valence-corrected chi connectivity index (χ1v) is 16.2. The number of hydrogen-bond acceptors (Lipinski definition) is 11. The number of nitrogens with zero attached hydrogens (tertiary/aromatic N) is 11. The zero-order chi connectivity index (χ0) is 38.5. The molecule has 0 aliphatic carbocycles. The first-order chi connectivity index (χ1) is 25.8. The maximum Gasteiger partial charge on any atom is 0.348 e. The number of urea groups is 2. The van der Waals surface area contributed by atoms with E-state index in [1.54, 1.807) is 0 Å². The molecule has 0 fully saturated rings. The Hall–Kier alpha value is -6.90. The molecule has 0 spiro atoms. The normalized spacial score (nSPS) is 15.3. The van der Waals surface area contributed by atoms with E-state index in [0.29, 0.717) is 21.4 Å². The Kier molecular flexibility index (Phi) is 8.93. The molecule has 3 aromatic carbocycles. The molecule has 270 valence electrons. The number of nitro benzene ring substituents is 1. The fourth-order valence-corrected chi connectivity index (χ4v) is 5.92. The molecule has 2 aliphatic heterocycles. The molecule has 2 aliphatic rings. The van der Waals surface area contributed by atoms with Crippen LogP contribution in [-0.4, -0.2) is 64.0 Å². The van der Waals surface area contributed by atoms with Crippen LogP contribution < -0.4 is 10.6 Å². The Morgan fingerprint density at radius 3 is 1.93 bits per heavy atom. The summed E-state index contributed by atoms with van der Waals surface area (Å²) in [6.45, 7) is 1.20. The highest BCUT2D eigenvalue weighted by Crippen LogP contribution is 2.47. The number of hydrogen-bond donors (Lipinski definition) is 4. The molecule has 0 unspecified atom stereocenters. The van der Waals surface area contributed by atoms with E-state index < -0.39 is 79.7 Å². The summed E-state index contributed by atoms with van der Waals surface area (Å²) in [6, 6.07) is 13.7. The number of nitro groups is 1. The first kappa shape index (κ1) is 35.5. The SMILES string of the molecule is C[C@](C(=O)c1cccc([N+](=O)[O-])c1Cl)(c1nc2n(c1O)C(=NC(=O)Nc1ccc(Cl)cc1)N=N2)c1nc(O)c2n1C(=NC(=O)Nc1ccc(Cl)cc1)N=N2. The monoisotopic (exact) mass is 789 g/mol. The Morgan fingerprint density at radius 1 is 0.796 bits per heavy atom. The number of aromatic nitrogens is 4. The third-order valence-electron chi connectivity index (χ3n) is 7.92. The summed E-state index contributed by atoms with van der Waals surface area (Å²) < 4.78 is 1.79. The zero-order valence-corrected chi connectivity index (χ0v) is 29.1. The van der Waals surface area contributed by atoms with Gasteiger partial charge in [-0.2, -0.15) is 15.0 Å². The second-order valence-electron chi connectivity index (χ2n) is 11.3. The number of benzene rings is 3. The number of imidazole rings is 2. The second-order valence-corrected chi connectivity index (χ2v) is 12.5. The van der Waals surface area contributed by atoms with Gasteiger partial charge in [0.05, 0.1) is 4.92 Å². The number of halogens is 3. The van der Waals surface area contributed by atoms with E-state index in [4.69, 9.17) is 34.8 Å². The van der Waals surface area contributed by atoms with E-state index in [9.17, 15) is 34.7 Å². The van der Waals surface area contributed by atoms with Crippen LogP contribution in [0.3, 0.4) is 0 Å². The molecule has 0 radical (unpaired) electrons. The average molecular weight is 791 g/mol. The van der Waals surface area contributed by atoms with Gasteiger partial charge in [-0.15, -0.1) is 20.5 Å². The minimum Gasteiger partial charge on any atom is -0.493 e. The summed E-state index contributed by atoms with van der Waals surface area (Å²) in [5.74, 6) is -4.85. The summed E-state index contributed by atoms with van der Waals surface area (Å²) in [5, 5.41) is 55.0. The van der Waals surface area contributed by atoms with Crippen LogP contribution in [0.4, 0.5) is 38.4 Å². The molecule has 1 atom stereocenters. The summed E-state index contributed by atoms with van der Waals surface area (Å²) in [6.07, 6.45) is 0. The van der Waals surface area contributed by atoms with Crippen molar-refractivity contribution in [3.63, 3.8) is 0 Å². The van der Waals surface area contributed by atoms with Crippen molar-refractivity contribution in [1.29, 1.82) is 0 Å². The third kappa shape index (κ3) is 6.18. The Balaban J connectivity index is 1.36. The predicted octanol–water partition coefficient (Wildman–Crippen LogP) is 7.62. The quantitative estimate of drug-likeness (QED) is 0.0716. The van der Waals surface area contributed by atoms with Crippen molar-refractivity contribution in [1.82, 2.24) is 19.1 Å². The fourth-order valence-electron chi connectivity index (χ4n) is 5.39. The van der Waals surface area contributed by atoms with Crippen LogP contribution >= 0.6 is 34.8 Å². The molecule has 4 N–H and O–H groups in total. The first-order valence-electron chi connectivity index (χ1n) is 15.0. The molecule has 4 amide bonds. The van der Waals surface area contributed by atoms with E-state index in [-0.39, 0.29) is 11.8 Å². The Morgan fingerprint density at radius 2 is 1.35 bits per heavy atom. The van der Waals surface area contributed by atoms with Crippen LogP contribution in [0.1, 0.15) is 28.8 Å². The fraction of sp³-hybridized carbons (Fsp3) is 0.0645. The number of ketones is 1. The summed E-state index contributed by atoms with van der Waals surface area (Å²) in [4.78, 5) is 67.8. The van der Waals surface area contributed by atoms with Crippen LogP contribution in [0, 0.1) is 10.1 Å². The number of carbonyl (C=O) groups excluding carboxylic acids is 3. The number of fused-ring (bicyclic) bond motifs is 2. The standard InChI is InChI=1S/C31H18Cl3N13O7/c1-31(21(48)17-3-2-4-18(19(17)34)47(53)54,20-24(50)46-26(37-20)43-44-28(46)40-30(52)36-16-11-7-14(33)8-12-16)25-38-23(49)22-41-42-27(45(22)25)39-29(51)35-15-9-5-13(32)6-10-15/h2-12,49-50H,1H3,(H,35,51)(H,36,52)/t31-/m1/s1. The summed E-state index contributed by atoms with van der Waals surface area (Å²) in [7, 11) is 0. The van der Waals surface area contributed by atoms with E-state index in [0.717, 1.165) is 15.2 Å². The van der Waals surface area contributed by atoms with E-state index >= 15 is 0 Å². The number of aliphatic imine (C=N–C) groups is 2. The van der Waals surface area contributed by atoms with Gasteiger partial charge in [0.25, 0.3) is 29.4 Å². The van der Waals surface area contributed by atoms with Crippen molar-refractivity contribution in [3.8, 4) is 11.8 Å². The minimum atomic E-state index is -2.38. The van der Waals surface area contributed by atoms with Crippen molar-refractivity contribution in [2.24, 2.45) is 30.4 Å². The number of amides is 4. The lowest BCUT2D eigenvalue weighted by Crippen LogP contribution is -2.39. The molecule has 0 saturated heterocycles. The van der Waals surface area contributed by atoms with Crippen molar-refractivity contribution in [3.05, 3.63) is 109 Å². The maximum absolute atomic E-state index is 14.8. The van der Waals surface area contributed by atoms with E-state index in [2.05, 4.69) is 51.0 Å². The van der Waals surface area contributed by atoms with Crippen LogP contribution in [-0.2, 0) is 5.41 Å². The lowest BCUT2D eigenvalue weighted by Gasteiger charge is -2.26. The number of carbonyl (C=O) groups is 3. The second kappa shape index (κ2) is 13.6. The zero-order valence-electron chi connectivity index (χ0n) is 26.8. The van der Waals surface area contributed by atoms with Gasteiger partial charge in [-0.05, 0) is 61.5 Å². The molecule has 0 bridgehead atoms. The highest BCUT2D eigenvalue weighted by Gasteiger charge is 2.51. The van der Waals surface area contributed by atoms with Gasteiger partial charge < -0.3 is 20.8 Å². The minimum absolute atomic E-state index is 0.309. The van der Waals surface area contributed by atoms with Crippen molar-refractivity contribution < 1.29 is 29.5 Å². The molecular weight excluding hydrogens is 773 g/mol. The molecule has 20 nitrogen and oxygen atoms in total. The van der Waals surface area contributed by atoms with Crippen LogP contribution in [0.5, 0.6) is 11.8 Å². The van der Waals surface area contributed by atoms with Gasteiger partial charge in [-0.1, -0.05) is 40.9 Å². The average Bonchev–Trinajstić information content (AvgIpc) is 3.90. The van der Waals surface area contributed by atoms with Gasteiger partial charge in [0.15, 0.2) is 5.78 Å². The molecule has 23 heteroatoms. The lowest BCUT2D eigenvalue weighted by molar-refractivity contribution is -0.384. The molecule has 0 saturated carbocycles. The summed E-state index contributed by atoms with van der Waals surface area (Å²) in [5.41, 5.74) is -3.33. The van der Waals surface area contributed by atoms with Gasteiger partial charge in [-0.3, -0.25) is 14.9 Å². The number of Topliss-reactive ketones (excluding diaryl/α,β-unsaturated/α-hetero) is 1. The smallest absolute Gasteiger partial charge is 0.348 e. The van der Waals surface area contributed by atoms with Gasteiger partial charge >= 0.3 is 12.1 Å². The number of aromatic hydroxyl groups is 2. The number of azo groups is 2. The molecule has 2 aromatic heterocycles. The molecule has 5 aromatic rings. The number of anilines is 2. The topological polar surface area (TPSA) is 269 Å². The third-order valence-corrected chi connectivity index (χ3v) is 8.82. The Labute approximate surface area is 315 Å². The van der Waals surface area contributed by atoms with Crippen molar-refractivity contribution >= 4 is 93.4 Å². The molecular formula is C31H18Cl3N13O7. The number of nitrogens with one attached hydrogen (secondary N) is 2. The van der Waals surface area contributed by atoms with Gasteiger partial charge in [0.2, 0.25) is 11.7 Å². The predicted molar refractivity (Wildman–Crippen MR) is 192 cm³/mol. The van der Waals surface area contributed by atoms with Gasteiger partial charge in [0, 0.05) is 33.0 Å². The molecule has 4 heterocycles. The molecule has 54 heavy (non-hydrogen) atoms. The highest BCUT2D eigenvalue weighted by atomic mass is 35.5. The maximum atomic E-state index is 14.8. The number of rotatable bonds is 7. The van der Waals surface area contributed by atoms with Crippen LogP contribution in [0.25, 0.3) is 0 Å². The molecule has 7 rings (SSSR count). The van der Waals surface area contributed by atoms with Crippen molar-refractivity contribution in [2.45, 2.75) is 12.3 Å². The van der Waals surface area contributed by atoms with Crippen LogP contribution in [0.2, 0.25) is 15.1 Å². The largest absolute Gasteiger partial charge is 0.493 e. The van der Waals surface area contributed by atoms with E-state index in [1.165, 1.54) is 67.6 Å².